The highest BCUT2D eigenvalue weighted by atomic mass is 35.5. The molecular formula is C23H22ClF3N6O. The van der Waals surface area contributed by atoms with E-state index in [-0.39, 0.29) is 12.2 Å². The second-order valence-electron chi connectivity index (χ2n) is 8.04. The summed E-state index contributed by atoms with van der Waals surface area (Å²) in [6.07, 6.45) is -2.96. The molecule has 2 aromatic carbocycles. The predicted octanol–water partition coefficient (Wildman–Crippen LogP) is 5.41. The third-order valence-corrected chi connectivity index (χ3v) is 5.28. The second kappa shape index (κ2) is 9.40. The number of nitrogens with one attached hydrogen (secondary N) is 3. The van der Waals surface area contributed by atoms with Crippen LogP contribution in [0, 0.1) is 0 Å². The fraction of sp³-hybridized carbons (Fsp3) is 0.217. The standard InChI is InChI=1S/C23H22ClF3N6O/c1-32(2)13-14-6-7-19-18(8-14)20(12-28-19)30-22(34)29-11-17-10-21(23(25,26)27)31-33(17)16-5-3-4-15(24)9-16/h3-10,12,28H,11,13H2,1-2H3,(H2,29,30,34). The second-order valence-corrected chi connectivity index (χ2v) is 8.47. The molecular weight excluding hydrogens is 469 g/mol. The highest BCUT2D eigenvalue weighted by Gasteiger charge is 2.35. The van der Waals surface area contributed by atoms with E-state index in [0.29, 0.717) is 16.4 Å². The molecule has 34 heavy (non-hydrogen) atoms. The minimum Gasteiger partial charge on any atom is -0.359 e. The highest BCUT2D eigenvalue weighted by molar-refractivity contribution is 6.30. The molecule has 2 aromatic heterocycles. The van der Waals surface area contributed by atoms with Gasteiger partial charge in [-0.3, -0.25) is 0 Å². The number of anilines is 1. The van der Waals surface area contributed by atoms with E-state index < -0.39 is 17.9 Å². The Labute approximate surface area is 198 Å². The van der Waals surface area contributed by atoms with E-state index >= 15 is 0 Å². The van der Waals surface area contributed by atoms with Gasteiger partial charge >= 0.3 is 12.2 Å². The Morgan fingerprint density at radius 2 is 1.97 bits per heavy atom. The minimum atomic E-state index is -4.63. The summed E-state index contributed by atoms with van der Waals surface area (Å²) in [7, 11) is 3.93. The molecule has 0 atom stereocenters. The van der Waals surface area contributed by atoms with Gasteiger partial charge in [0.2, 0.25) is 0 Å². The van der Waals surface area contributed by atoms with Crippen molar-refractivity contribution in [2.75, 3.05) is 19.4 Å². The third kappa shape index (κ3) is 5.35. The van der Waals surface area contributed by atoms with Crippen LogP contribution in [0.15, 0.2) is 54.7 Å². The maximum Gasteiger partial charge on any atom is 0.435 e. The van der Waals surface area contributed by atoms with Gasteiger partial charge in [-0.25, -0.2) is 9.48 Å². The zero-order valence-electron chi connectivity index (χ0n) is 18.4. The predicted molar refractivity (Wildman–Crippen MR) is 125 cm³/mol. The molecule has 7 nitrogen and oxygen atoms in total. The van der Waals surface area contributed by atoms with Gasteiger partial charge in [-0.15, -0.1) is 0 Å². The van der Waals surface area contributed by atoms with Crippen molar-refractivity contribution in [3.05, 3.63) is 76.7 Å². The smallest absolute Gasteiger partial charge is 0.359 e. The first-order chi connectivity index (χ1) is 16.1. The Morgan fingerprint density at radius 3 is 2.68 bits per heavy atom. The first-order valence-electron chi connectivity index (χ1n) is 10.3. The van der Waals surface area contributed by atoms with Crippen LogP contribution in [0.5, 0.6) is 0 Å². The SMILES string of the molecule is CN(C)Cc1ccc2[nH]cc(NC(=O)NCc3cc(C(F)(F)F)nn3-c3cccc(Cl)c3)c2c1. The zero-order valence-corrected chi connectivity index (χ0v) is 19.1. The van der Waals surface area contributed by atoms with Crippen molar-refractivity contribution < 1.29 is 18.0 Å². The average Bonchev–Trinajstić information content (AvgIpc) is 3.36. The van der Waals surface area contributed by atoms with E-state index in [0.717, 1.165) is 33.8 Å². The van der Waals surface area contributed by atoms with Crippen molar-refractivity contribution in [3.8, 4) is 5.69 Å². The number of hydrogen-bond donors (Lipinski definition) is 3. The van der Waals surface area contributed by atoms with E-state index in [1.807, 2.05) is 37.2 Å². The van der Waals surface area contributed by atoms with E-state index in [1.165, 1.54) is 6.07 Å². The number of fused-ring (bicyclic) bond motifs is 1. The highest BCUT2D eigenvalue weighted by Crippen LogP contribution is 2.30. The maximum atomic E-state index is 13.3. The number of urea groups is 1. The van der Waals surface area contributed by atoms with Crippen molar-refractivity contribution in [1.82, 2.24) is 25.0 Å². The first kappa shape index (κ1) is 23.7. The van der Waals surface area contributed by atoms with Crippen LogP contribution in [-0.2, 0) is 19.3 Å². The number of rotatable bonds is 6. The summed E-state index contributed by atoms with van der Waals surface area (Å²) in [4.78, 5) is 17.7. The molecule has 4 aromatic rings. The lowest BCUT2D eigenvalue weighted by Crippen LogP contribution is -2.29. The monoisotopic (exact) mass is 490 g/mol. The summed E-state index contributed by atoms with van der Waals surface area (Å²) >= 11 is 5.99. The molecule has 4 rings (SSSR count). The normalized spacial score (nSPS) is 11.9. The molecule has 0 aliphatic rings. The van der Waals surface area contributed by atoms with Gasteiger partial charge in [0.05, 0.1) is 23.6 Å². The summed E-state index contributed by atoms with van der Waals surface area (Å²) in [6.45, 7) is 0.553. The van der Waals surface area contributed by atoms with Crippen molar-refractivity contribution in [1.29, 1.82) is 0 Å². The van der Waals surface area contributed by atoms with Gasteiger partial charge in [-0.1, -0.05) is 23.7 Å². The summed E-state index contributed by atoms with van der Waals surface area (Å²) in [6, 6.07) is 12.5. The van der Waals surface area contributed by atoms with Crippen LogP contribution in [-0.4, -0.2) is 39.8 Å². The number of aromatic nitrogens is 3. The van der Waals surface area contributed by atoms with Gasteiger partial charge in [-0.05, 0) is 56.1 Å². The molecule has 2 heterocycles. The minimum absolute atomic E-state index is 0.150. The Kier molecular flexibility index (Phi) is 6.54. The third-order valence-electron chi connectivity index (χ3n) is 5.05. The molecule has 11 heteroatoms. The van der Waals surface area contributed by atoms with Crippen molar-refractivity contribution >= 4 is 34.2 Å². The number of aromatic amines is 1. The number of carbonyl (C=O) groups is 1. The Hall–Kier alpha value is -3.50. The van der Waals surface area contributed by atoms with Crippen LogP contribution >= 0.6 is 11.6 Å². The molecule has 0 fully saturated rings. The summed E-state index contributed by atoms with van der Waals surface area (Å²) < 4.78 is 41.0. The first-order valence-corrected chi connectivity index (χ1v) is 10.7. The number of H-pyrrole nitrogens is 1. The largest absolute Gasteiger partial charge is 0.435 e. The number of carbonyl (C=O) groups excluding carboxylic acids is 1. The molecule has 0 aliphatic heterocycles. The average molecular weight is 491 g/mol. The fourth-order valence-electron chi connectivity index (χ4n) is 3.59. The van der Waals surface area contributed by atoms with Gasteiger partial charge in [-0.2, -0.15) is 18.3 Å². The number of halogens is 4. The van der Waals surface area contributed by atoms with Gasteiger partial charge in [0.15, 0.2) is 5.69 Å². The molecule has 0 saturated heterocycles. The van der Waals surface area contributed by atoms with Crippen LogP contribution < -0.4 is 10.6 Å². The summed E-state index contributed by atoms with van der Waals surface area (Å²) in [5.41, 5.74) is 1.93. The lowest BCUT2D eigenvalue weighted by Gasteiger charge is -2.11. The maximum absolute atomic E-state index is 13.3. The van der Waals surface area contributed by atoms with Crippen LogP contribution in [0.4, 0.5) is 23.7 Å². The topological polar surface area (TPSA) is 78.0 Å². The Morgan fingerprint density at radius 1 is 1.18 bits per heavy atom. The quantitative estimate of drug-likeness (QED) is 0.338. The number of alkyl halides is 3. The van der Waals surface area contributed by atoms with Crippen LogP contribution in [0.2, 0.25) is 5.02 Å². The number of amides is 2. The molecule has 0 saturated carbocycles. The Bertz CT molecular complexity index is 1330. The lowest BCUT2D eigenvalue weighted by molar-refractivity contribution is -0.141. The van der Waals surface area contributed by atoms with Gasteiger partial charge in [0, 0.05) is 28.7 Å². The van der Waals surface area contributed by atoms with E-state index in [2.05, 4.69) is 20.7 Å². The molecule has 0 radical (unpaired) electrons. The zero-order chi connectivity index (χ0) is 24.5. The molecule has 0 bridgehead atoms. The number of benzene rings is 2. The Balaban J connectivity index is 1.52. The van der Waals surface area contributed by atoms with Gasteiger partial charge in [0.25, 0.3) is 0 Å². The van der Waals surface area contributed by atoms with E-state index in [4.69, 9.17) is 11.6 Å². The molecule has 0 unspecified atom stereocenters. The van der Waals surface area contributed by atoms with Crippen molar-refractivity contribution in [3.63, 3.8) is 0 Å². The van der Waals surface area contributed by atoms with Crippen molar-refractivity contribution in [2.45, 2.75) is 19.3 Å². The van der Waals surface area contributed by atoms with Crippen molar-refractivity contribution in [2.24, 2.45) is 0 Å². The molecule has 3 N–H and O–H groups in total. The van der Waals surface area contributed by atoms with Crippen LogP contribution in [0.25, 0.3) is 16.6 Å². The summed E-state index contributed by atoms with van der Waals surface area (Å²) in [5, 5.41) is 10.2. The summed E-state index contributed by atoms with van der Waals surface area (Å²) in [5.74, 6) is 0. The fourth-order valence-corrected chi connectivity index (χ4v) is 3.77. The van der Waals surface area contributed by atoms with Gasteiger partial charge in [0.1, 0.15) is 0 Å². The molecule has 0 spiro atoms. The molecule has 178 valence electrons. The lowest BCUT2D eigenvalue weighted by atomic mass is 10.1. The molecule has 2 amide bonds. The van der Waals surface area contributed by atoms with Gasteiger partial charge < -0.3 is 20.5 Å². The van der Waals surface area contributed by atoms with Crippen LogP contribution in [0.1, 0.15) is 17.0 Å². The van der Waals surface area contributed by atoms with E-state index in [1.54, 1.807) is 24.4 Å². The van der Waals surface area contributed by atoms with Crippen LogP contribution in [0.3, 0.4) is 0 Å². The molecule has 0 aliphatic carbocycles. The van der Waals surface area contributed by atoms with E-state index in [9.17, 15) is 18.0 Å². The number of hydrogen-bond acceptors (Lipinski definition) is 3. The number of nitrogens with zero attached hydrogens (tertiary/aromatic N) is 3.